The molecule has 7 nitrogen and oxygen atoms in total. The third-order valence-electron chi connectivity index (χ3n) is 5.68. The van der Waals surface area contributed by atoms with Gasteiger partial charge in [-0.3, -0.25) is 4.79 Å². The molecule has 1 fully saturated rings. The van der Waals surface area contributed by atoms with E-state index in [0.29, 0.717) is 24.6 Å². The minimum Gasteiger partial charge on any atom is -0.454 e. The molecule has 0 spiro atoms. The van der Waals surface area contributed by atoms with Crippen LogP contribution in [0.15, 0.2) is 70.9 Å². The fourth-order valence-corrected chi connectivity index (χ4v) is 6.19. The number of carbonyl (C=O) groups excluding carboxylic acids is 1. The minimum absolute atomic E-state index is 0.131. The predicted molar refractivity (Wildman–Crippen MR) is 124 cm³/mol. The molecule has 2 heterocycles. The van der Waals surface area contributed by atoms with Crippen molar-refractivity contribution in [2.24, 2.45) is 0 Å². The predicted octanol–water partition coefficient (Wildman–Crippen LogP) is 3.86. The molecule has 1 aliphatic heterocycles. The van der Waals surface area contributed by atoms with Gasteiger partial charge in [0.2, 0.25) is 22.7 Å². The Hall–Kier alpha value is -2.88. The van der Waals surface area contributed by atoms with Crippen LogP contribution in [0.3, 0.4) is 0 Å². The highest BCUT2D eigenvalue weighted by molar-refractivity contribution is 7.89. The Kier molecular flexibility index (Phi) is 6.09. The Bertz CT molecular complexity index is 1230. The van der Waals surface area contributed by atoms with Crippen molar-refractivity contribution >= 4 is 27.3 Å². The number of hydrogen-bond donors (Lipinski definition) is 0. The molecule has 3 aromatic rings. The molecule has 0 saturated heterocycles. The Labute approximate surface area is 197 Å². The zero-order chi connectivity index (χ0) is 22.8. The number of carbonyl (C=O) groups is 1. The molecule has 1 saturated carbocycles. The van der Waals surface area contributed by atoms with Crippen LogP contribution in [0.2, 0.25) is 0 Å². The Balaban J connectivity index is 1.39. The second-order valence-electron chi connectivity index (χ2n) is 8.11. The van der Waals surface area contributed by atoms with Crippen LogP contribution in [-0.2, 0) is 27.9 Å². The fraction of sp³-hybridized carbons (Fsp3) is 0.292. The first kappa shape index (κ1) is 21.9. The third-order valence-corrected chi connectivity index (χ3v) is 8.46. The maximum Gasteiger partial charge on any atom is 0.243 e. The molecule has 1 amide bonds. The highest BCUT2D eigenvalue weighted by Gasteiger charge is 2.40. The van der Waals surface area contributed by atoms with E-state index < -0.39 is 10.0 Å². The molecule has 33 heavy (non-hydrogen) atoms. The van der Waals surface area contributed by atoms with Crippen molar-refractivity contribution in [3.8, 4) is 11.5 Å². The number of rotatable bonds is 9. The molecule has 1 aromatic heterocycles. The monoisotopic (exact) mass is 484 g/mol. The van der Waals surface area contributed by atoms with E-state index in [1.54, 1.807) is 46.6 Å². The van der Waals surface area contributed by atoms with Gasteiger partial charge in [0.15, 0.2) is 11.5 Å². The molecular weight excluding hydrogens is 460 g/mol. The maximum absolute atomic E-state index is 13.5. The van der Waals surface area contributed by atoms with Crippen molar-refractivity contribution in [1.82, 2.24) is 9.21 Å². The molecule has 172 valence electrons. The van der Waals surface area contributed by atoms with Gasteiger partial charge in [-0.15, -0.1) is 11.3 Å². The minimum atomic E-state index is -3.76. The van der Waals surface area contributed by atoms with Gasteiger partial charge in [0.1, 0.15) is 0 Å². The molecule has 5 rings (SSSR count). The van der Waals surface area contributed by atoms with Crippen LogP contribution < -0.4 is 9.47 Å². The lowest BCUT2D eigenvalue weighted by Crippen LogP contribution is -2.43. The molecule has 0 bridgehead atoms. The van der Waals surface area contributed by atoms with Crippen molar-refractivity contribution in [2.75, 3.05) is 13.3 Å². The summed E-state index contributed by atoms with van der Waals surface area (Å²) in [6.45, 7) is 0.758. The Morgan fingerprint density at radius 1 is 0.970 bits per heavy atom. The zero-order valence-corrected chi connectivity index (χ0v) is 19.6. The van der Waals surface area contributed by atoms with E-state index in [9.17, 15) is 13.2 Å². The lowest BCUT2D eigenvalue weighted by atomic mass is 10.2. The van der Waals surface area contributed by atoms with E-state index >= 15 is 0 Å². The van der Waals surface area contributed by atoms with Crippen LogP contribution in [0.5, 0.6) is 11.5 Å². The van der Waals surface area contributed by atoms with Gasteiger partial charge in [-0.2, -0.15) is 4.31 Å². The quantitative estimate of drug-likeness (QED) is 0.461. The summed E-state index contributed by atoms with van der Waals surface area (Å²) in [6.07, 6.45) is 1.54. The first-order valence-electron chi connectivity index (χ1n) is 10.8. The molecular formula is C24H24N2O5S2. The van der Waals surface area contributed by atoms with E-state index in [4.69, 9.17) is 9.47 Å². The van der Waals surface area contributed by atoms with Crippen LogP contribution in [-0.4, -0.2) is 42.9 Å². The molecule has 9 heteroatoms. The van der Waals surface area contributed by atoms with Gasteiger partial charge in [-0.1, -0.05) is 30.3 Å². The number of hydrogen-bond acceptors (Lipinski definition) is 6. The van der Waals surface area contributed by atoms with E-state index in [-0.39, 0.29) is 30.2 Å². The van der Waals surface area contributed by atoms with E-state index in [1.807, 2.05) is 35.7 Å². The smallest absolute Gasteiger partial charge is 0.243 e. The first-order valence-corrected chi connectivity index (χ1v) is 13.1. The van der Waals surface area contributed by atoms with Gasteiger partial charge in [0.25, 0.3) is 0 Å². The van der Waals surface area contributed by atoms with Crippen LogP contribution in [0.4, 0.5) is 0 Å². The van der Waals surface area contributed by atoms with Gasteiger partial charge in [-0.05, 0) is 54.1 Å². The largest absolute Gasteiger partial charge is 0.454 e. The average molecular weight is 485 g/mol. The highest BCUT2D eigenvalue weighted by Crippen LogP contribution is 2.34. The number of nitrogens with zero attached hydrogens (tertiary/aromatic N) is 2. The second kappa shape index (κ2) is 9.17. The summed E-state index contributed by atoms with van der Waals surface area (Å²) in [4.78, 5) is 16.5. The Morgan fingerprint density at radius 3 is 2.48 bits per heavy atom. The van der Waals surface area contributed by atoms with E-state index in [0.717, 1.165) is 23.3 Å². The molecule has 2 aromatic carbocycles. The maximum atomic E-state index is 13.5. The number of ether oxygens (including phenoxy) is 2. The van der Waals surface area contributed by atoms with Gasteiger partial charge >= 0.3 is 0 Å². The summed E-state index contributed by atoms with van der Waals surface area (Å²) < 4.78 is 38.8. The van der Waals surface area contributed by atoms with Crippen LogP contribution in [0, 0.1) is 0 Å². The van der Waals surface area contributed by atoms with Gasteiger partial charge in [0.05, 0.1) is 18.0 Å². The number of thiophene rings is 1. The second-order valence-corrected chi connectivity index (χ2v) is 11.0. The average Bonchev–Trinajstić information content (AvgIpc) is 3.31. The van der Waals surface area contributed by atoms with Crippen LogP contribution >= 0.6 is 11.3 Å². The molecule has 0 atom stereocenters. The van der Waals surface area contributed by atoms with E-state index in [2.05, 4.69) is 0 Å². The lowest BCUT2D eigenvalue weighted by Gasteiger charge is -2.27. The van der Waals surface area contributed by atoms with Crippen LogP contribution in [0.1, 0.15) is 23.3 Å². The number of benzene rings is 2. The SMILES string of the molecule is O=C(CN(C1CC1)S(=O)(=O)c1ccccc1)N(Cc1ccc2c(c1)OCO2)Cc1cccs1. The summed E-state index contributed by atoms with van der Waals surface area (Å²) in [5.74, 6) is 1.11. The number of amides is 1. The molecule has 0 unspecified atom stereocenters. The molecule has 0 N–H and O–H groups in total. The van der Waals surface area contributed by atoms with Crippen molar-refractivity contribution in [3.63, 3.8) is 0 Å². The summed E-state index contributed by atoms with van der Waals surface area (Å²) in [5, 5.41) is 1.97. The van der Waals surface area contributed by atoms with Crippen molar-refractivity contribution in [1.29, 1.82) is 0 Å². The molecule has 0 radical (unpaired) electrons. The summed E-state index contributed by atoms with van der Waals surface area (Å²) in [5.41, 5.74) is 0.896. The normalized spacial score (nSPS) is 15.1. The first-order chi connectivity index (χ1) is 16.0. The summed E-state index contributed by atoms with van der Waals surface area (Å²) in [7, 11) is -3.76. The standard InChI is InChI=1S/C24H24N2O5S2/c27-24(16-26(19-9-10-19)33(28,29)21-6-2-1-3-7-21)25(15-20-5-4-12-32-20)14-18-8-11-22-23(13-18)31-17-30-22/h1-8,11-13,19H,9-10,14-17H2. The lowest BCUT2D eigenvalue weighted by molar-refractivity contribution is -0.132. The van der Waals surface area contributed by atoms with E-state index in [1.165, 1.54) is 4.31 Å². The highest BCUT2D eigenvalue weighted by atomic mass is 32.2. The van der Waals surface area contributed by atoms with Gasteiger partial charge in [-0.25, -0.2) is 8.42 Å². The topological polar surface area (TPSA) is 76.2 Å². The zero-order valence-electron chi connectivity index (χ0n) is 17.9. The van der Waals surface area contributed by atoms with Crippen molar-refractivity contribution in [3.05, 3.63) is 76.5 Å². The fourth-order valence-electron chi connectivity index (χ4n) is 3.82. The van der Waals surface area contributed by atoms with Crippen molar-refractivity contribution < 1.29 is 22.7 Å². The third kappa shape index (κ3) is 4.90. The number of sulfonamides is 1. The van der Waals surface area contributed by atoms with Crippen LogP contribution in [0.25, 0.3) is 0 Å². The molecule has 1 aliphatic carbocycles. The van der Waals surface area contributed by atoms with Crippen molar-refractivity contribution in [2.45, 2.75) is 36.9 Å². The summed E-state index contributed by atoms with van der Waals surface area (Å²) in [6, 6.07) is 17.7. The Morgan fingerprint density at radius 2 is 1.76 bits per heavy atom. The number of fused-ring (bicyclic) bond motifs is 1. The van der Waals surface area contributed by atoms with Gasteiger partial charge in [0, 0.05) is 17.5 Å². The summed E-state index contributed by atoms with van der Waals surface area (Å²) >= 11 is 1.57. The van der Waals surface area contributed by atoms with Gasteiger partial charge < -0.3 is 14.4 Å². The molecule has 2 aliphatic rings.